The molecule has 1 fully saturated rings. The fraction of sp³-hybridized carbons (Fsp3) is 0.375. The van der Waals surface area contributed by atoms with Gasteiger partial charge in [0.2, 0.25) is 5.91 Å². The van der Waals surface area contributed by atoms with E-state index in [0.29, 0.717) is 13.0 Å². The number of fused-ring (bicyclic) bond motifs is 1. The van der Waals surface area contributed by atoms with E-state index in [9.17, 15) is 9.90 Å². The molecular formula is C8H9NO2. The van der Waals surface area contributed by atoms with Crippen molar-refractivity contribution in [2.45, 2.75) is 12.1 Å². The van der Waals surface area contributed by atoms with Crippen LogP contribution in [0.2, 0.25) is 0 Å². The molecule has 0 saturated carbocycles. The monoisotopic (exact) mass is 151 g/mol. The first-order valence-corrected chi connectivity index (χ1v) is 3.52. The molecule has 3 nitrogen and oxygen atoms in total. The lowest BCUT2D eigenvalue weighted by molar-refractivity contribution is -0.135. The van der Waals surface area contributed by atoms with E-state index in [2.05, 4.69) is 6.58 Å². The minimum Gasteiger partial charge on any atom is -0.367 e. The van der Waals surface area contributed by atoms with Crippen molar-refractivity contribution < 1.29 is 9.90 Å². The van der Waals surface area contributed by atoms with Crippen molar-refractivity contribution in [3.63, 3.8) is 0 Å². The number of amides is 1. The molecular weight excluding hydrogens is 142 g/mol. The lowest BCUT2D eigenvalue weighted by atomic mass is 10.1. The molecule has 0 bridgehead atoms. The zero-order valence-corrected chi connectivity index (χ0v) is 6.08. The highest BCUT2D eigenvalue weighted by atomic mass is 16.3. The van der Waals surface area contributed by atoms with Crippen molar-refractivity contribution in [3.8, 4) is 0 Å². The van der Waals surface area contributed by atoms with Gasteiger partial charge in [-0.2, -0.15) is 0 Å². The first-order chi connectivity index (χ1) is 5.12. The lowest BCUT2D eigenvalue weighted by Gasteiger charge is -2.23. The van der Waals surface area contributed by atoms with Gasteiger partial charge in [0.25, 0.3) is 0 Å². The lowest BCUT2D eigenvalue weighted by Crippen LogP contribution is -2.40. The van der Waals surface area contributed by atoms with E-state index in [4.69, 9.17) is 0 Å². The number of aliphatic hydroxyl groups is 1. The second kappa shape index (κ2) is 1.74. The molecule has 1 atom stereocenters. The average molecular weight is 151 g/mol. The van der Waals surface area contributed by atoms with Crippen LogP contribution in [0.1, 0.15) is 6.42 Å². The Balaban J connectivity index is 2.38. The molecule has 2 aliphatic heterocycles. The van der Waals surface area contributed by atoms with E-state index in [0.717, 1.165) is 5.57 Å². The largest absolute Gasteiger partial charge is 0.367 e. The maximum absolute atomic E-state index is 11.0. The van der Waals surface area contributed by atoms with E-state index in [1.165, 1.54) is 17.1 Å². The molecule has 0 radical (unpaired) electrons. The number of nitrogens with zero attached hydrogens (tertiary/aromatic N) is 1. The van der Waals surface area contributed by atoms with E-state index < -0.39 is 5.72 Å². The summed E-state index contributed by atoms with van der Waals surface area (Å²) in [5.74, 6) is -0.119. The molecule has 0 spiro atoms. The molecule has 1 N–H and O–H groups in total. The molecule has 0 aliphatic carbocycles. The highest BCUT2D eigenvalue weighted by molar-refractivity contribution is 5.92. The van der Waals surface area contributed by atoms with Crippen LogP contribution in [0.4, 0.5) is 0 Å². The maximum Gasteiger partial charge on any atom is 0.249 e. The smallest absolute Gasteiger partial charge is 0.249 e. The Morgan fingerprint density at radius 3 is 3.09 bits per heavy atom. The van der Waals surface area contributed by atoms with Gasteiger partial charge in [-0.1, -0.05) is 12.2 Å². The topological polar surface area (TPSA) is 40.5 Å². The molecule has 0 aromatic heterocycles. The Labute approximate surface area is 64.6 Å². The van der Waals surface area contributed by atoms with Crippen molar-refractivity contribution in [3.05, 3.63) is 24.3 Å². The third-order valence-corrected chi connectivity index (χ3v) is 2.12. The van der Waals surface area contributed by atoms with Crippen LogP contribution in [0.15, 0.2) is 24.3 Å². The minimum atomic E-state index is -1.05. The molecule has 0 unspecified atom stereocenters. The quantitative estimate of drug-likeness (QED) is 0.496. The summed E-state index contributed by atoms with van der Waals surface area (Å²) in [6.45, 7) is 4.22. The highest BCUT2D eigenvalue weighted by Crippen LogP contribution is 2.34. The van der Waals surface area contributed by atoms with E-state index in [-0.39, 0.29) is 5.91 Å². The zero-order valence-electron chi connectivity index (χ0n) is 6.08. The molecule has 1 amide bonds. The molecule has 2 rings (SSSR count). The summed E-state index contributed by atoms with van der Waals surface area (Å²) in [5.41, 5.74) is -0.140. The van der Waals surface area contributed by atoms with Crippen molar-refractivity contribution in [2.24, 2.45) is 0 Å². The maximum atomic E-state index is 11.0. The van der Waals surface area contributed by atoms with Crippen LogP contribution in [0, 0.1) is 0 Å². The van der Waals surface area contributed by atoms with Crippen LogP contribution in [-0.2, 0) is 4.79 Å². The second-order valence-electron chi connectivity index (χ2n) is 3.06. The summed E-state index contributed by atoms with van der Waals surface area (Å²) in [4.78, 5) is 12.5. The number of rotatable bonds is 0. The van der Waals surface area contributed by atoms with Crippen LogP contribution < -0.4 is 0 Å². The average Bonchev–Trinajstić information content (AvgIpc) is 2.32. The summed E-state index contributed by atoms with van der Waals surface area (Å²) in [6, 6.07) is 0. The number of carbonyl (C=O) groups excluding carboxylic acids is 1. The van der Waals surface area contributed by atoms with Gasteiger partial charge < -0.3 is 10.0 Å². The standard InChI is InChI=1S/C8H9NO2/c1-6-4-8(11)3-2-7(10)9(8)5-6/h2-3,11H,1,4-5H2/t8-/m1/s1. The van der Waals surface area contributed by atoms with Crippen molar-refractivity contribution in [2.75, 3.05) is 6.54 Å². The number of carbonyl (C=O) groups is 1. The Kier molecular flexibility index (Phi) is 1.04. The van der Waals surface area contributed by atoms with Crippen LogP contribution >= 0.6 is 0 Å². The highest BCUT2D eigenvalue weighted by Gasteiger charge is 2.44. The number of hydrogen-bond donors (Lipinski definition) is 1. The Morgan fingerprint density at radius 2 is 2.45 bits per heavy atom. The predicted octanol–water partition coefficient (Wildman–Crippen LogP) is 0.0333. The third kappa shape index (κ3) is 0.744. The summed E-state index contributed by atoms with van der Waals surface area (Å²) in [7, 11) is 0. The third-order valence-electron chi connectivity index (χ3n) is 2.12. The van der Waals surface area contributed by atoms with Gasteiger partial charge in [0.15, 0.2) is 5.72 Å². The van der Waals surface area contributed by atoms with Crippen LogP contribution in [0.3, 0.4) is 0 Å². The second-order valence-corrected chi connectivity index (χ2v) is 3.06. The molecule has 0 aromatic carbocycles. The number of hydrogen-bond acceptors (Lipinski definition) is 2. The normalized spacial score (nSPS) is 35.2. The SMILES string of the molecule is C=C1CN2C(=O)C=C[C@@]2(O)C1. The molecule has 2 heterocycles. The van der Waals surface area contributed by atoms with Crippen molar-refractivity contribution >= 4 is 5.91 Å². The van der Waals surface area contributed by atoms with Gasteiger partial charge in [0.1, 0.15) is 0 Å². The molecule has 2 aliphatic rings. The molecule has 0 aromatic rings. The first-order valence-electron chi connectivity index (χ1n) is 3.52. The Morgan fingerprint density at radius 1 is 1.73 bits per heavy atom. The van der Waals surface area contributed by atoms with Crippen LogP contribution in [0.5, 0.6) is 0 Å². The van der Waals surface area contributed by atoms with Gasteiger partial charge in [-0.3, -0.25) is 4.79 Å². The summed E-state index contributed by atoms with van der Waals surface area (Å²) in [5, 5.41) is 9.73. The summed E-state index contributed by atoms with van der Waals surface area (Å²) >= 11 is 0. The van der Waals surface area contributed by atoms with Crippen molar-refractivity contribution in [1.29, 1.82) is 0 Å². The molecule has 3 heteroatoms. The van der Waals surface area contributed by atoms with Gasteiger partial charge in [-0.15, -0.1) is 0 Å². The van der Waals surface area contributed by atoms with E-state index >= 15 is 0 Å². The fourth-order valence-electron chi connectivity index (χ4n) is 1.59. The van der Waals surface area contributed by atoms with Crippen LogP contribution in [0.25, 0.3) is 0 Å². The predicted molar refractivity (Wildman–Crippen MR) is 39.6 cm³/mol. The van der Waals surface area contributed by atoms with E-state index in [1.54, 1.807) is 0 Å². The molecule has 1 saturated heterocycles. The van der Waals surface area contributed by atoms with Gasteiger partial charge in [-0.05, 0) is 6.08 Å². The molecule has 58 valence electrons. The first kappa shape index (κ1) is 6.61. The summed E-state index contributed by atoms with van der Waals surface area (Å²) in [6.07, 6.45) is 3.43. The fourth-order valence-corrected chi connectivity index (χ4v) is 1.59. The van der Waals surface area contributed by atoms with Crippen molar-refractivity contribution in [1.82, 2.24) is 4.90 Å². The molecule has 11 heavy (non-hydrogen) atoms. The van der Waals surface area contributed by atoms with Gasteiger partial charge in [-0.25, -0.2) is 0 Å². The Hall–Kier alpha value is -1.09. The Bertz CT molecular complexity index is 269. The van der Waals surface area contributed by atoms with Gasteiger partial charge in [0.05, 0.1) is 0 Å². The van der Waals surface area contributed by atoms with Crippen LogP contribution in [-0.4, -0.2) is 28.2 Å². The van der Waals surface area contributed by atoms with E-state index in [1.807, 2.05) is 0 Å². The zero-order chi connectivity index (χ0) is 8.06. The van der Waals surface area contributed by atoms with Gasteiger partial charge >= 0.3 is 0 Å². The minimum absolute atomic E-state index is 0.119. The van der Waals surface area contributed by atoms with Gasteiger partial charge in [0, 0.05) is 19.0 Å². The summed E-state index contributed by atoms with van der Waals surface area (Å²) < 4.78 is 0.